The lowest BCUT2D eigenvalue weighted by molar-refractivity contribution is -0.137. The third-order valence-electron chi connectivity index (χ3n) is 6.25. The number of fused-ring (bicyclic) bond motifs is 1. The topological polar surface area (TPSA) is 71.9 Å². The average Bonchev–Trinajstić information content (AvgIpc) is 3.22. The fraction of sp³-hybridized carbons (Fsp3) is 0.333. The maximum Gasteiger partial charge on any atom is 0.417 e. The number of hydrogen-bond donors (Lipinski definition) is 2. The first-order chi connectivity index (χ1) is 15.3. The van der Waals surface area contributed by atoms with Crippen molar-refractivity contribution in [3.63, 3.8) is 0 Å². The molecule has 1 aliphatic carbocycles. The van der Waals surface area contributed by atoms with Crippen molar-refractivity contribution >= 4 is 22.5 Å². The number of para-hydroxylation sites is 1. The van der Waals surface area contributed by atoms with Crippen LogP contribution in [0.25, 0.3) is 10.9 Å². The summed E-state index contributed by atoms with van der Waals surface area (Å²) in [5.41, 5.74) is 0.658. The van der Waals surface area contributed by atoms with Crippen molar-refractivity contribution in [1.82, 2.24) is 10.3 Å². The minimum absolute atomic E-state index is 0.0208. The summed E-state index contributed by atoms with van der Waals surface area (Å²) in [6.07, 6.45) is 0.110. The second-order valence-corrected chi connectivity index (χ2v) is 8.18. The number of rotatable bonds is 4. The zero-order chi connectivity index (χ0) is 22.9. The van der Waals surface area contributed by atoms with Crippen LogP contribution in [0.1, 0.15) is 47.2 Å². The number of nitriles is 1. The average molecular weight is 440 g/mol. The molecule has 0 unspecified atom stereocenters. The van der Waals surface area contributed by atoms with Gasteiger partial charge in [-0.25, -0.2) is 0 Å². The van der Waals surface area contributed by atoms with E-state index in [1.165, 1.54) is 6.07 Å². The van der Waals surface area contributed by atoms with Crippen LogP contribution >= 0.6 is 0 Å². The lowest BCUT2D eigenvalue weighted by atomic mass is 9.89. The van der Waals surface area contributed by atoms with Gasteiger partial charge in [0.25, 0.3) is 5.91 Å². The van der Waals surface area contributed by atoms with Gasteiger partial charge in [-0.3, -0.25) is 4.79 Å². The zero-order valence-corrected chi connectivity index (χ0v) is 17.5. The third kappa shape index (κ3) is 4.28. The first-order valence-corrected chi connectivity index (χ1v) is 10.5. The van der Waals surface area contributed by atoms with Gasteiger partial charge >= 0.3 is 6.18 Å². The van der Waals surface area contributed by atoms with Crippen molar-refractivity contribution < 1.29 is 18.0 Å². The van der Waals surface area contributed by atoms with E-state index in [0.29, 0.717) is 11.3 Å². The van der Waals surface area contributed by atoms with Gasteiger partial charge in [-0.15, -0.1) is 0 Å². The molecule has 2 aromatic carbocycles. The van der Waals surface area contributed by atoms with E-state index in [2.05, 4.69) is 10.3 Å². The van der Waals surface area contributed by atoms with Gasteiger partial charge in [0, 0.05) is 41.9 Å². The molecule has 1 aliphatic rings. The molecule has 1 aromatic heterocycles. The SMILES string of the molecule is CN(c1ccc(C#N)c(C(F)(F)F)c1)[C@H]1CC[C@@H](NC(=O)c2c[nH]c3ccccc23)CC1. The Labute approximate surface area is 183 Å². The molecule has 0 spiro atoms. The summed E-state index contributed by atoms with van der Waals surface area (Å²) in [7, 11) is 1.77. The van der Waals surface area contributed by atoms with Crippen LogP contribution in [-0.4, -0.2) is 30.0 Å². The highest BCUT2D eigenvalue weighted by Crippen LogP contribution is 2.35. The van der Waals surface area contributed by atoms with Gasteiger partial charge < -0.3 is 15.2 Å². The first kappa shape index (κ1) is 21.8. The van der Waals surface area contributed by atoms with Gasteiger partial charge in [0.2, 0.25) is 0 Å². The monoisotopic (exact) mass is 440 g/mol. The van der Waals surface area contributed by atoms with E-state index in [1.54, 1.807) is 25.4 Å². The second kappa shape index (κ2) is 8.58. The van der Waals surface area contributed by atoms with Crippen molar-refractivity contribution in [2.24, 2.45) is 0 Å². The molecule has 0 atom stereocenters. The Kier molecular flexibility index (Phi) is 5.83. The number of halogens is 3. The predicted molar refractivity (Wildman–Crippen MR) is 116 cm³/mol. The van der Waals surface area contributed by atoms with Gasteiger partial charge in [0.15, 0.2) is 0 Å². The van der Waals surface area contributed by atoms with E-state index in [9.17, 15) is 18.0 Å². The summed E-state index contributed by atoms with van der Waals surface area (Å²) in [6.45, 7) is 0. The van der Waals surface area contributed by atoms with Crippen molar-refractivity contribution in [2.45, 2.75) is 43.9 Å². The fourth-order valence-corrected chi connectivity index (χ4v) is 4.42. The minimum atomic E-state index is -4.58. The van der Waals surface area contributed by atoms with Gasteiger partial charge in [-0.1, -0.05) is 18.2 Å². The number of hydrogen-bond acceptors (Lipinski definition) is 3. The van der Waals surface area contributed by atoms with Gasteiger partial charge in [0.1, 0.15) is 0 Å². The number of carbonyl (C=O) groups is 1. The number of alkyl halides is 3. The molecular weight excluding hydrogens is 417 g/mol. The molecule has 0 aliphatic heterocycles. The lowest BCUT2D eigenvalue weighted by Crippen LogP contribution is -2.43. The Balaban J connectivity index is 1.39. The number of aromatic amines is 1. The van der Waals surface area contributed by atoms with Crippen LogP contribution < -0.4 is 10.2 Å². The molecule has 0 saturated heterocycles. The Hall–Kier alpha value is -3.47. The number of nitrogens with zero attached hydrogens (tertiary/aromatic N) is 2. The number of H-pyrrole nitrogens is 1. The van der Waals surface area contributed by atoms with E-state index in [0.717, 1.165) is 42.7 Å². The summed E-state index contributed by atoms with van der Waals surface area (Å²) in [6, 6.07) is 13.1. The Morgan fingerprint density at radius 2 is 1.88 bits per heavy atom. The molecule has 1 saturated carbocycles. The molecule has 8 heteroatoms. The molecule has 1 fully saturated rings. The van der Waals surface area contributed by atoms with Crippen molar-refractivity contribution in [2.75, 3.05) is 11.9 Å². The Bertz CT molecular complexity index is 1170. The standard InChI is InChI=1S/C24H23F3N4O/c1-31(18-9-6-15(13-28)21(12-18)24(25,26)27)17-10-7-16(8-11-17)30-23(32)20-14-29-22-5-3-2-4-19(20)22/h2-6,9,12,14,16-17,29H,7-8,10-11H2,1H3,(H,30,32)/t16-,17+. The molecular formula is C24H23F3N4O. The predicted octanol–water partition coefficient (Wildman–Crippen LogP) is 5.24. The van der Waals surface area contributed by atoms with Crippen LogP contribution in [-0.2, 0) is 6.18 Å². The first-order valence-electron chi connectivity index (χ1n) is 10.5. The van der Waals surface area contributed by atoms with Crippen LogP contribution in [0, 0.1) is 11.3 Å². The van der Waals surface area contributed by atoms with Gasteiger partial charge in [0.05, 0.1) is 22.8 Å². The van der Waals surface area contributed by atoms with Gasteiger partial charge in [-0.05, 0) is 49.9 Å². The maximum absolute atomic E-state index is 13.3. The minimum Gasteiger partial charge on any atom is -0.372 e. The summed E-state index contributed by atoms with van der Waals surface area (Å²) in [5.74, 6) is -0.124. The largest absolute Gasteiger partial charge is 0.417 e. The normalized spacial score (nSPS) is 18.8. The second-order valence-electron chi connectivity index (χ2n) is 8.18. The number of benzene rings is 2. The molecule has 3 aromatic rings. The third-order valence-corrected chi connectivity index (χ3v) is 6.25. The lowest BCUT2D eigenvalue weighted by Gasteiger charge is -2.36. The summed E-state index contributed by atoms with van der Waals surface area (Å²) in [4.78, 5) is 17.7. The number of aromatic nitrogens is 1. The van der Waals surface area contributed by atoms with Crippen LogP contribution in [0.3, 0.4) is 0 Å². The molecule has 0 radical (unpaired) electrons. The molecule has 0 bridgehead atoms. The van der Waals surface area contributed by atoms with Crippen LogP contribution in [0.5, 0.6) is 0 Å². The maximum atomic E-state index is 13.3. The van der Waals surface area contributed by atoms with E-state index in [4.69, 9.17) is 5.26 Å². The highest BCUT2D eigenvalue weighted by Gasteiger charge is 2.35. The van der Waals surface area contributed by atoms with E-state index in [1.807, 2.05) is 29.2 Å². The van der Waals surface area contributed by atoms with Crippen LogP contribution in [0.2, 0.25) is 0 Å². The van der Waals surface area contributed by atoms with E-state index in [-0.39, 0.29) is 23.6 Å². The smallest absolute Gasteiger partial charge is 0.372 e. The van der Waals surface area contributed by atoms with Crippen LogP contribution in [0.15, 0.2) is 48.7 Å². The van der Waals surface area contributed by atoms with Crippen LogP contribution in [0.4, 0.5) is 18.9 Å². The highest BCUT2D eigenvalue weighted by molar-refractivity contribution is 6.06. The van der Waals surface area contributed by atoms with Crippen molar-refractivity contribution in [3.05, 3.63) is 65.4 Å². The summed E-state index contributed by atoms with van der Waals surface area (Å²) < 4.78 is 39.9. The molecule has 1 heterocycles. The fourth-order valence-electron chi connectivity index (χ4n) is 4.42. The molecule has 2 N–H and O–H groups in total. The number of nitrogens with one attached hydrogen (secondary N) is 2. The van der Waals surface area contributed by atoms with Gasteiger partial charge in [-0.2, -0.15) is 18.4 Å². The number of carbonyl (C=O) groups excluding carboxylic acids is 1. The molecule has 5 nitrogen and oxygen atoms in total. The molecule has 32 heavy (non-hydrogen) atoms. The molecule has 4 rings (SSSR count). The summed E-state index contributed by atoms with van der Waals surface area (Å²) >= 11 is 0. The number of anilines is 1. The Morgan fingerprint density at radius 1 is 1.16 bits per heavy atom. The molecule has 1 amide bonds. The molecule has 166 valence electrons. The summed E-state index contributed by atoms with van der Waals surface area (Å²) in [5, 5.41) is 13.0. The highest BCUT2D eigenvalue weighted by atomic mass is 19.4. The van der Waals surface area contributed by atoms with E-state index < -0.39 is 11.7 Å². The number of amides is 1. The quantitative estimate of drug-likeness (QED) is 0.583. The zero-order valence-electron chi connectivity index (χ0n) is 17.5. The Morgan fingerprint density at radius 3 is 2.56 bits per heavy atom. The van der Waals surface area contributed by atoms with Crippen molar-refractivity contribution in [1.29, 1.82) is 5.26 Å². The van der Waals surface area contributed by atoms with E-state index >= 15 is 0 Å². The van der Waals surface area contributed by atoms with Crippen molar-refractivity contribution in [3.8, 4) is 6.07 Å².